The molecule has 0 fully saturated rings. The van der Waals surface area contributed by atoms with Gasteiger partial charge in [0.15, 0.2) is 0 Å². The van der Waals surface area contributed by atoms with Gasteiger partial charge in [0, 0.05) is 16.3 Å². The van der Waals surface area contributed by atoms with E-state index >= 15 is 0 Å². The van der Waals surface area contributed by atoms with Crippen molar-refractivity contribution < 1.29 is 4.79 Å². The van der Waals surface area contributed by atoms with Gasteiger partial charge in [-0.1, -0.05) is 24.3 Å². The van der Waals surface area contributed by atoms with Crippen LogP contribution < -0.4 is 10.6 Å². The van der Waals surface area contributed by atoms with Crippen molar-refractivity contribution in [1.82, 2.24) is 0 Å². The maximum Gasteiger partial charge on any atom is 0.243 e. The van der Waals surface area contributed by atoms with Gasteiger partial charge < -0.3 is 10.6 Å². The number of para-hydroxylation sites is 1. The summed E-state index contributed by atoms with van der Waals surface area (Å²) < 4.78 is 0. The summed E-state index contributed by atoms with van der Waals surface area (Å²) in [5.74, 6) is -0.0474. The van der Waals surface area contributed by atoms with E-state index in [1.807, 2.05) is 61.7 Å². The predicted octanol–water partition coefficient (Wildman–Crippen LogP) is 3.77. The van der Waals surface area contributed by atoms with E-state index in [1.54, 1.807) is 11.8 Å². The number of thioether (sulfide) groups is 1. The summed E-state index contributed by atoms with van der Waals surface area (Å²) >= 11 is 1.68. The van der Waals surface area contributed by atoms with Gasteiger partial charge in [0.05, 0.1) is 6.54 Å². The van der Waals surface area contributed by atoms with Gasteiger partial charge in [-0.05, 0) is 43.0 Å². The number of aryl methyl sites for hydroxylation is 1. The molecule has 4 heteroatoms. The minimum atomic E-state index is -0.0474. The third-order valence-corrected chi connectivity index (χ3v) is 3.67. The largest absolute Gasteiger partial charge is 0.376 e. The summed E-state index contributed by atoms with van der Waals surface area (Å²) in [5, 5.41) is 6.04. The molecule has 2 rings (SSSR count). The summed E-state index contributed by atoms with van der Waals surface area (Å²) in [6.45, 7) is 2.23. The number of amides is 1. The van der Waals surface area contributed by atoms with Crippen LogP contribution in [0.2, 0.25) is 0 Å². The zero-order valence-electron chi connectivity index (χ0n) is 11.6. The quantitative estimate of drug-likeness (QED) is 0.822. The molecule has 20 heavy (non-hydrogen) atoms. The Bertz CT molecular complexity index is 599. The average Bonchev–Trinajstić information content (AvgIpc) is 2.48. The second kappa shape index (κ2) is 7.01. The van der Waals surface area contributed by atoms with Crippen molar-refractivity contribution in [3.8, 4) is 0 Å². The van der Waals surface area contributed by atoms with E-state index in [0.717, 1.165) is 16.9 Å². The Morgan fingerprint density at radius 2 is 1.95 bits per heavy atom. The Kier molecular flexibility index (Phi) is 5.07. The van der Waals surface area contributed by atoms with E-state index in [2.05, 4.69) is 10.6 Å². The second-order valence-corrected chi connectivity index (χ2v) is 5.33. The minimum absolute atomic E-state index is 0.0474. The van der Waals surface area contributed by atoms with E-state index in [4.69, 9.17) is 0 Å². The lowest BCUT2D eigenvalue weighted by Gasteiger charge is -2.10. The molecule has 0 aliphatic rings. The number of anilines is 2. The van der Waals surface area contributed by atoms with Crippen LogP contribution in [-0.2, 0) is 4.79 Å². The van der Waals surface area contributed by atoms with Crippen molar-refractivity contribution in [2.24, 2.45) is 0 Å². The number of hydrogen-bond acceptors (Lipinski definition) is 3. The number of nitrogens with one attached hydrogen (secondary N) is 2. The van der Waals surface area contributed by atoms with E-state index in [1.165, 1.54) is 4.90 Å². The maximum absolute atomic E-state index is 11.9. The van der Waals surface area contributed by atoms with Crippen LogP contribution in [0, 0.1) is 6.92 Å². The molecule has 0 aliphatic heterocycles. The summed E-state index contributed by atoms with van der Waals surface area (Å²) in [4.78, 5) is 13.1. The SMILES string of the molecule is CSc1cccc(NCC(=O)Nc2ccccc2C)c1. The minimum Gasteiger partial charge on any atom is -0.376 e. The topological polar surface area (TPSA) is 41.1 Å². The van der Waals surface area contributed by atoms with Crippen molar-refractivity contribution in [3.63, 3.8) is 0 Å². The van der Waals surface area contributed by atoms with Crippen molar-refractivity contribution in [2.75, 3.05) is 23.4 Å². The van der Waals surface area contributed by atoms with Crippen LogP contribution in [0.4, 0.5) is 11.4 Å². The van der Waals surface area contributed by atoms with Gasteiger partial charge in [-0.2, -0.15) is 0 Å². The summed E-state index contributed by atoms with van der Waals surface area (Å²) in [5.41, 5.74) is 2.87. The molecule has 2 N–H and O–H groups in total. The highest BCUT2D eigenvalue weighted by Gasteiger charge is 2.04. The number of carbonyl (C=O) groups is 1. The number of rotatable bonds is 5. The van der Waals surface area contributed by atoms with Crippen molar-refractivity contribution in [3.05, 3.63) is 54.1 Å². The van der Waals surface area contributed by atoms with E-state index in [-0.39, 0.29) is 12.5 Å². The zero-order chi connectivity index (χ0) is 14.4. The Morgan fingerprint density at radius 3 is 2.70 bits per heavy atom. The first kappa shape index (κ1) is 14.5. The molecule has 0 unspecified atom stereocenters. The lowest BCUT2D eigenvalue weighted by atomic mass is 10.2. The number of carbonyl (C=O) groups excluding carboxylic acids is 1. The van der Waals surface area contributed by atoms with Gasteiger partial charge in [0.25, 0.3) is 0 Å². The lowest BCUT2D eigenvalue weighted by molar-refractivity contribution is -0.114. The van der Waals surface area contributed by atoms with Gasteiger partial charge in [-0.15, -0.1) is 11.8 Å². The van der Waals surface area contributed by atoms with Crippen LogP contribution >= 0.6 is 11.8 Å². The molecule has 0 radical (unpaired) electrons. The monoisotopic (exact) mass is 286 g/mol. The predicted molar refractivity (Wildman–Crippen MR) is 86.5 cm³/mol. The normalized spacial score (nSPS) is 10.1. The molecule has 0 aromatic heterocycles. The summed E-state index contributed by atoms with van der Waals surface area (Å²) in [6, 6.07) is 15.8. The number of hydrogen-bond donors (Lipinski definition) is 2. The standard InChI is InChI=1S/C16H18N2OS/c1-12-6-3-4-9-15(12)18-16(19)11-17-13-7-5-8-14(10-13)20-2/h3-10,17H,11H2,1-2H3,(H,18,19). The molecule has 0 saturated heterocycles. The summed E-state index contributed by atoms with van der Waals surface area (Å²) in [6.07, 6.45) is 2.03. The third-order valence-electron chi connectivity index (χ3n) is 2.94. The highest BCUT2D eigenvalue weighted by Crippen LogP contribution is 2.19. The summed E-state index contributed by atoms with van der Waals surface area (Å²) in [7, 11) is 0. The zero-order valence-corrected chi connectivity index (χ0v) is 12.5. The average molecular weight is 286 g/mol. The molecule has 2 aromatic rings. The van der Waals surface area contributed by atoms with Crippen LogP contribution in [0.15, 0.2) is 53.4 Å². The highest BCUT2D eigenvalue weighted by molar-refractivity contribution is 7.98. The van der Waals surface area contributed by atoms with Crippen LogP contribution in [0.25, 0.3) is 0 Å². The van der Waals surface area contributed by atoms with Gasteiger partial charge in [-0.3, -0.25) is 4.79 Å². The number of benzene rings is 2. The van der Waals surface area contributed by atoms with E-state index in [0.29, 0.717) is 0 Å². The van der Waals surface area contributed by atoms with Crippen molar-refractivity contribution >= 4 is 29.0 Å². The van der Waals surface area contributed by atoms with Crippen molar-refractivity contribution in [1.29, 1.82) is 0 Å². The molecule has 0 bridgehead atoms. The Balaban J connectivity index is 1.90. The molecule has 2 aromatic carbocycles. The lowest BCUT2D eigenvalue weighted by Crippen LogP contribution is -2.22. The fourth-order valence-electron chi connectivity index (χ4n) is 1.82. The molecule has 0 spiro atoms. The fourth-order valence-corrected chi connectivity index (χ4v) is 2.28. The highest BCUT2D eigenvalue weighted by atomic mass is 32.2. The van der Waals surface area contributed by atoms with Gasteiger partial charge >= 0.3 is 0 Å². The molecular formula is C16H18N2OS. The van der Waals surface area contributed by atoms with Crippen LogP contribution in [0.5, 0.6) is 0 Å². The maximum atomic E-state index is 11.9. The van der Waals surface area contributed by atoms with Gasteiger partial charge in [-0.25, -0.2) is 0 Å². The van der Waals surface area contributed by atoms with Crippen LogP contribution in [0.3, 0.4) is 0 Å². The van der Waals surface area contributed by atoms with Crippen LogP contribution in [-0.4, -0.2) is 18.7 Å². The van der Waals surface area contributed by atoms with E-state index in [9.17, 15) is 4.79 Å². The molecule has 0 saturated carbocycles. The van der Waals surface area contributed by atoms with Gasteiger partial charge in [0.2, 0.25) is 5.91 Å². The molecule has 3 nitrogen and oxygen atoms in total. The molecule has 1 amide bonds. The van der Waals surface area contributed by atoms with Crippen LogP contribution in [0.1, 0.15) is 5.56 Å². The van der Waals surface area contributed by atoms with Gasteiger partial charge in [0.1, 0.15) is 0 Å². The molecule has 0 atom stereocenters. The van der Waals surface area contributed by atoms with Crippen molar-refractivity contribution in [2.45, 2.75) is 11.8 Å². The second-order valence-electron chi connectivity index (χ2n) is 4.45. The molecular weight excluding hydrogens is 268 g/mol. The van der Waals surface area contributed by atoms with E-state index < -0.39 is 0 Å². The third kappa shape index (κ3) is 4.03. The molecule has 104 valence electrons. The first-order valence-corrected chi connectivity index (χ1v) is 7.65. The Hall–Kier alpha value is -1.94. The molecule has 0 aliphatic carbocycles. The molecule has 0 heterocycles. The first-order chi connectivity index (χ1) is 9.69. The first-order valence-electron chi connectivity index (χ1n) is 6.42. The Morgan fingerprint density at radius 1 is 1.15 bits per heavy atom. The smallest absolute Gasteiger partial charge is 0.243 e. The Labute approximate surface area is 123 Å². The fraction of sp³-hybridized carbons (Fsp3) is 0.188.